The summed E-state index contributed by atoms with van der Waals surface area (Å²) in [4.78, 5) is -0.0679. The molecular weight excluding hydrogens is 233 g/mol. The van der Waals surface area contributed by atoms with Gasteiger partial charge in [0.2, 0.25) is 0 Å². The molecule has 0 amide bonds. The smallest absolute Gasteiger partial charge is 0.205 e. The summed E-state index contributed by atoms with van der Waals surface area (Å²) in [6.07, 6.45) is -2.52. The van der Waals surface area contributed by atoms with Crippen molar-refractivity contribution < 1.29 is 13.2 Å². The maximum atomic E-state index is 12.9. The van der Waals surface area contributed by atoms with Gasteiger partial charge in [0.15, 0.2) is 0 Å². The highest BCUT2D eigenvalue weighted by Gasteiger charge is 2.12. The molecule has 0 aliphatic rings. The number of rotatable bonds is 1. The Balaban J connectivity index is 2.66. The average molecular weight is 237 g/mol. The molecule has 0 aliphatic carbocycles. The molecule has 74 valence electrons. The molecule has 0 spiro atoms. The lowest BCUT2D eigenvalue weighted by Gasteiger charge is -1.92. The Morgan fingerprint density at radius 3 is 2.57 bits per heavy atom. The van der Waals surface area contributed by atoms with Crippen LogP contribution in [0.3, 0.4) is 0 Å². The van der Waals surface area contributed by atoms with Crippen LogP contribution >= 0.6 is 22.9 Å². The van der Waals surface area contributed by atoms with Crippen LogP contribution in [0.5, 0.6) is 0 Å². The van der Waals surface area contributed by atoms with E-state index < -0.39 is 12.2 Å². The minimum Gasteiger partial charge on any atom is -0.205 e. The van der Waals surface area contributed by atoms with E-state index >= 15 is 0 Å². The van der Waals surface area contributed by atoms with E-state index in [2.05, 4.69) is 0 Å². The molecule has 1 aromatic heterocycles. The second-order valence-electron chi connectivity index (χ2n) is 2.75. The molecule has 0 radical (unpaired) electrons. The van der Waals surface area contributed by atoms with Crippen molar-refractivity contribution in [2.75, 3.05) is 0 Å². The third kappa shape index (κ3) is 1.60. The van der Waals surface area contributed by atoms with Crippen molar-refractivity contribution in [2.45, 2.75) is 6.43 Å². The molecule has 14 heavy (non-hydrogen) atoms. The molecule has 1 heterocycles. The van der Waals surface area contributed by atoms with Crippen LogP contribution in [0, 0.1) is 5.82 Å². The van der Waals surface area contributed by atoms with Crippen molar-refractivity contribution in [1.29, 1.82) is 0 Å². The summed E-state index contributed by atoms with van der Waals surface area (Å²) < 4.78 is 38.1. The minimum atomic E-state index is -2.52. The van der Waals surface area contributed by atoms with Gasteiger partial charge in [0.05, 0.1) is 9.90 Å². The third-order valence-electron chi connectivity index (χ3n) is 1.79. The number of halogens is 4. The van der Waals surface area contributed by atoms with Crippen LogP contribution in [0.4, 0.5) is 13.2 Å². The molecule has 0 saturated heterocycles. The second-order valence-corrected chi connectivity index (χ2v) is 4.28. The zero-order valence-electron chi connectivity index (χ0n) is 6.73. The predicted molar refractivity (Wildman–Crippen MR) is 51.8 cm³/mol. The first-order valence-electron chi connectivity index (χ1n) is 3.74. The number of hydrogen-bond donors (Lipinski definition) is 0. The van der Waals surface area contributed by atoms with Crippen molar-refractivity contribution in [3.8, 4) is 0 Å². The monoisotopic (exact) mass is 236 g/mol. The SMILES string of the molecule is Fc1cc2cc(C(F)F)sc2cc1Cl. The summed E-state index contributed by atoms with van der Waals surface area (Å²) in [5, 5.41) is 0.423. The maximum absolute atomic E-state index is 12.9. The molecular formula is C9H4ClF3S. The van der Waals surface area contributed by atoms with Gasteiger partial charge in [-0.1, -0.05) is 11.6 Å². The molecule has 0 atom stereocenters. The Labute approximate surface area is 86.9 Å². The first-order valence-corrected chi connectivity index (χ1v) is 4.94. The van der Waals surface area contributed by atoms with Gasteiger partial charge in [-0.15, -0.1) is 11.3 Å². The Morgan fingerprint density at radius 2 is 1.93 bits per heavy atom. The van der Waals surface area contributed by atoms with Gasteiger partial charge in [0.1, 0.15) is 5.82 Å². The number of hydrogen-bond acceptors (Lipinski definition) is 1. The van der Waals surface area contributed by atoms with Gasteiger partial charge in [0, 0.05) is 4.70 Å². The van der Waals surface area contributed by atoms with Gasteiger partial charge >= 0.3 is 0 Å². The lowest BCUT2D eigenvalue weighted by Crippen LogP contribution is -1.74. The zero-order valence-corrected chi connectivity index (χ0v) is 8.30. The first kappa shape index (κ1) is 9.80. The number of thiophene rings is 1. The largest absolute Gasteiger partial charge is 0.272 e. The average Bonchev–Trinajstić information content (AvgIpc) is 2.48. The van der Waals surface area contributed by atoms with Crippen LogP contribution in [-0.4, -0.2) is 0 Å². The first-order chi connectivity index (χ1) is 6.58. The van der Waals surface area contributed by atoms with Crippen molar-refractivity contribution in [3.05, 3.63) is 33.9 Å². The summed E-state index contributed by atoms with van der Waals surface area (Å²) in [5.41, 5.74) is 0. The third-order valence-corrected chi connectivity index (χ3v) is 3.19. The predicted octanol–water partition coefficient (Wildman–Crippen LogP) is 4.63. The fourth-order valence-electron chi connectivity index (χ4n) is 1.16. The van der Waals surface area contributed by atoms with Crippen LogP contribution in [0.25, 0.3) is 10.1 Å². The van der Waals surface area contributed by atoms with Crippen LogP contribution in [0.1, 0.15) is 11.3 Å². The van der Waals surface area contributed by atoms with E-state index in [4.69, 9.17) is 11.6 Å². The van der Waals surface area contributed by atoms with E-state index in [0.717, 1.165) is 11.3 Å². The quantitative estimate of drug-likeness (QED) is 0.677. The molecule has 2 aromatic rings. The lowest BCUT2D eigenvalue weighted by molar-refractivity contribution is 0.156. The fraction of sp³-hybridized carbons (Fsp3) is 0.111. The minimum absolute atomic E-state index is 0.0415. The van der Waals surface area contributed by atoms with Crippen molar-refractivity contribution in [2.24, 2.45) is 0 Å². The molecule has 0 nitrogen and oxygen atoms in total. The summed E-state index contributed by atoms with van der Waals surface area (Å²) >= 11 is 6.45. The summed E-state index contributed by atoms with van der Waals surface area (Å²) in [6.45, 7) is 0. The van der Waals surface area contributed by atoms with E-state index in [0.29, 0.717) is 10.1 Å². The lowest BCUT2D eigenvalue weighted by atomic mass is 10.2. The van der Waals surface area contributed by atoms with E-state index in [9.17, 15) is 13.2 Å². The normalized spacial score (nSPS) is 11.5. The van der Waals surface area contributed by atoms with Crippen LogP contribution < -0.4 is 0 Å². The molecule has 2 rings (SSSR count). The van der Waals surface area contributed by atoms with E-state index in [-0.39, 0.29) is 9.90 Å². The van der Waals surface area contributed by atoms with E-state index in [1.54, 1.807) is 0 Å². The second kappa shape index (κ2) is 3.44. The zero-order chi connectivity index (χ0) is 10.3. The molecule has 0 unspecified atom stereocenters. The van der Waals surface area contributed by atoms with E-state index in [1.165, 1.54) is 18.2 Å². The summed E-state index contributed by atoms with van der Waals surface area (Å²) in [7, 11) is 0. The highest BCUT2D eigenvalue weighted by molar-refractivity contribution is 7.19. The number of alkyl halides is 2. The van der Waals surface area contributed by atoms with Gasteiger partial charge in [-0.05, 0) is 23.6 Å². The fourth-order valence-corrected chi connectivity index (χ4v) is 2.33. The number of benzene rings is 1. The highest BCUT2D eigenvalue weighted by Crippen LogP contribution is 2.34. The molecule has 0 saturated carbocycles. The molecule has 0 fully saturated rings. The van der Waals surface area contributed by atoms with E-state index in [1.807, 2.05) is 0 Å². The van der Waals surface area contributed by atoms with Gasteiger partial charge in [-0.3, -0.25) is 0 Å². The Morgan fingerprint density at radius 1 is 1.21 bits per heavy atom. The summed E-state index contributed by atoms with van der Waals surface area (Å²) in [6, 6.07) is 3.81. The van der Waals surface area contributed by atoms with Crippen molar-refractivity contribution in [1.82, 2.24) is 0 Å². The molecule has 0 aliphatic heterocycles. The van der Waals surface area contributed by atoms with Crippen LogP contribution in [-0.2, 0) is 0 Å². The standard InChI is InChI=1S/C9H4ClF3S/c10-5-3-7-4(1-6(5)11)2-8(14-7)9(12)13/h1-3,9H. The highest BCUT2D eigenvalue weighted by atomic mass is 35.5. The Bertz CT molecular complexity index is 439. The molecule has 1 aromatic carbocycles. The molecule has 5 heteroatoms. The van der Waals surface area contributed by atoms with Crippen molar-refractivity contribution >= 4 is 33.0 Å². The van der Waals surface area contributed by atoms with Gasteiger partial charge < -0.3 is 0 Å². The maximum Gasteiger partial charge on any atom is 0.272 e. The van der Waals surface area contributed by atoms with Crippen LogP contribution in [0.2, 0.25) is 5.02 Å². The Kier molecular flexibility index (Phi) is 2.41. The van der Waals surface area contributed by atoms with Gasteiger partial charge in [-0.2, -0.15) is 0 Å². The Hall–Kier alpha value is -0.740. The number of fused-ring (bicyclic) bond motifs is 1. The van der Waals surface area contributed by atoms with Crippen molar-refractivity contribution in [3.63, 3.8) is 0 Å². The molecule has 0 bridgehead atoms. The van der Waals surface area contributed by atoms with Gasteiger partial charge in [-0.25, -0.2) is 13.2 Å². The molecule has 0 N–H and O–H groups in total. The van der Waals surface area contributed by atoms with Gasteiger partial charge in [0.25, 0.3) is 6.43 Å². The topological polar surface area (TPSA) is 0 Å². The summed E-state index contributed by atoms with van der Waals surface area (Å²) in [5.74, 6) is -0.585. The van der Waals surface area contributed by atoms with Crippen LogP contribution in [0.15, 0.2) is 18.2 Å².